The molecule has 2 N–H and O–H groups in total. The predicted octanol–water partition coefficient (Wildman–Crippen LogP) is 2.76. The van der Waals surface area contributed by atoms with Crippen LogP contribution >= 0.6 is 0 Å². The number of carboxylic acids is 1. The number of hydrogen-bond acceptors (Lipinski definition) is 4. The van der Waals surface area contributed by atoms with Crippen LogP contribution in [0.4, 0.5) is 0 Å². The van der Waals surface area contributed by atoms with Gasteiger partial charge in [0.15, 0.2) is 0 Å². The Hall–Kier alpha value is -2.66. The number of aromatic hydroxyl groups is 1. The Balaban J connectivity index is 2.02. The Morgan fingerprint density at radius 2 is 1.38 bits per heavy atom. The molecule has 1 saturated heterocycles. The van der Waals surface area contributed by atoms with E-state index < -0.39 is 11.8 Å². The molecule has 5 nitrogen and oxygen atoms in total. The van der Waals surface area contributed by atoms with Crippen LogP contribution in [-0.2, 0) is 14.9 Å². The Morgan fingerprint density at radius 1 is 0.875 bits per heavy atom. The first kappa shape index (κ1) is 16.2. The van der Waals surface area contributed by atoms with Gasteiger partial charge in [0.1, 0.15) is 5.75 Å². The topological polar surface area (TPSA) is 83.8 Å². The maximum atomic E-state index is 11.6. The van der Waals surface area contributed by atoms with E-state index in [1.165, 1.54) is 0 Å². The first-order valence-electron chi connectivity index (χ1n) is 7.78. The van der Waals surface area contributed by atoms with E-state index in [0.29, 0.717) is 13.2 Å². The van der Waals surface area contributed by atoms with E-state index >= 15 is 0 Å². The number of carbonyl (C=O) groups is 2. The average Bonchev–Trinajstić information content (AvgIpc) is 2.62. The zero-order valence-corrected chi connectivity index (χ0v) is 13.1. The lowest BCUT2D eigenvalue weighted by atomic mass is 9.69. The Bertz CT molecular complexity index is 740. The van der Waals surface area contributed by atoms with Crippen LogP contribution in [0.5, 0.6) is 5.75 Å². The number of aliphatic carboxylic acids is 1. The third kappa shape index (κ3) is 2.90. The highest BCUT2D eigenvalue weighted by Gasteiger charge is 2.36. The SMILES string of the molecule is O=C(O)C(=O)c1ccc(C2(c3ccc(O)cc3)CCOCC2)cc1. The van der Waals surface area contributed by atoms with E-state index in [1.54, 1.807) is 24.3 Å². The second-order valence-corrected chi connectivity index (χ2v) is 5.95. The van der Waals surface area contributed by atoms with Gasteiger partial charge >= 0.3 is 5.97 Å². The molecule has 0 radical (unpaired) electrons. The van der Waals surface area contributed by atoms with Gasteiger partial charge in [-0.15, -0.1) is 0 Å². The Kier molecular flexibility index (Phi) is 4.36. The van der Waals surface area contributed by atoms with Gasteiger partial charge in [-0.3, -0.25) is 4.79 Å². The van der Waals surface area contributed by atoms with E-state index in [1.807, 2.05) is 24.3 Å². The fourth-order valence-corrected chi connectivity index (χ4v) is 3.31. The number of phenolic OH excluding ortho intramolecular Hbond substituents is 1. The van der Waals surface area contributed by atoms with E-state index in [9.17, 15) is 14.7 Å². The van der Waals surface area contributed by atoms with Crippen LogP contribution in [0, 0.1) is 0 Å². The van der Waals surface area contributed by atoms with Crippen molar-refractivity contribution in [3.8, 4) is 5.75 Å². The molecule has 1 aliphatic rings. The molecule has 0 aromatic heterocycles. The summed E-state index contributed by atoms with van der Waals surface area (Å²) in [5.74, 6) is -2.15. The van der Waals surface area contributed by atoms with Gasteiger partial charge in [-0.25, -0.2) is 4.79 Å². The van der Waals surface area contributed by atoms with Crippen LogP contribution in [0.2, 0.25) is 0 Å². The van der Waals surface area contributed by atoms with Crippen LogP contribution < -0.4 is 0 Å². The van der Waals surface area contributed by atoms with Gasteiger partial charge in [0.25, 0.3) is 5.78 Å². The highest BCUT2D eigenvalue weighted by atomic mass is 16.5. The van der Waals surface area contributed by atoms with Crippen molar-refractivity contribution in [1.29, 1.82) is 0 Å². The van der Waals surface area contributed by atoms with Crippen molar-refractivity contribution in [3.05, 3.63) is 65.2 Å². The van der Waals surface area contributed by atoms with Gasteiger partial charge in [-0.1, -0.05) is 36.4 Å². The number of Topliss-reactive ketones (excluding diaryl/α,β-unsaturated/α-hetero) is 1. The molecule has 1 heterocycles. The first-order chi connectivity index (χ1) is 11.5. The zero-order chi connectivity index (χ0) is 17.2. The Morgan fingerprint density at radius 3 is 1.88 bits per heavy atom. The molecule has 24 heavy (non-hydrogen) atoms. The molecule has 2 aromatic carbocycles. The van der Waals surface area contributed by atoms with Crippen molar-refractivity contribution in [2.45, 2.75) is 18.3 Å². The highest BCUT2D eigenvalue weighted by Crippen LogP contribution is 2.41. The summed E-state index contributed by atoms with van der Waals surface area (Å²) in [6.45, 7) is 1.24. The summed E-state index contributed by atoms with van der Waals surface area (Å²) in [5.41, 5.74) is 1.98. The largest absolute Gasteiger partial charge is 0.508 e. The van der Waals surface area contributed by atoms with Gasteiger partial charge in [-0.2, -0.15) is 0 Å². The lowest BCUT2D eigenvalue weighted by Crippen LogP contribution is -2.35. The average molecular weight is 326 g/mol. The van der Waals surface area contributed by atoms with Crippen LogP contribution in [-0.4, -0.2) is 35.2 Å². The number of carboxylic acid groups (broad SMARTS) is 1. The maximum Gasteiger partial charge on any atom is 0.377 e. The highest BCUT2D eigenvalue weighted by molar-refractivity contribution is 6.39. The quantitative estimate of drug-likeness (QED) is 0.667. The normalized spacial score (nSPS) is 16.5. The molecule has 0 amide bonds. The minimum atomic E-state index is -1.46. The van der Waals surface area contributed by atoms with Crippen molar-refractivity contribution >= 4 is 11.8 Å². The molecule has 124 valence electrons. The molecule has 3 rings (SSSR count). The molecule has 0 aliphatic carbocycles. The zero-order valence-electron chi connectivity index (χ0n) is 13.1. The summed E-state index contributed by atoms with van der Waals surface area (Å²) in [4.78, 5) is 22.4. The van der Waals surface area contributed by atoms with Crippen LogP contribution in [0.3, 0.4) is 0 Å². The fourth-order valence-electron chi connectivity index (χ4n) is 3.31. The number of benzene rings is 2. The van der Waals surface area contributed by atoms with Gasteiger partial charge in [0.05, 0.1) is 0 Å². The molecule has 0 atom stereocenters. The summed E-state index contributed by atoms with van der Waals surface area (Å²) in [7, 11) is 0. The molecule has 1 aliphatic heterocycles. The van der Waals surface area contributed by atoms with Crippen molar-refractivity contribution in [2.75, 3.05) is 13.2 Å². The summed E-state index contributed by atoms with van der Waals surface area (Å²) in [6, 6.07) is 13.9. The fraction of sp³-hybridized carbons (Fsp3) is 0.263. The van der Waals surface area contributed by atoms with Gasteiger partial charge < -0.3 is 14.9 Å². The lowest BCUT2D eigenvalue weighted by Gasteiger charge is -2.38. The van der Waals surface area contributed by atoms with Crippen molar-refractivity contribution in [3.63, 3.8) is 0 Å². The minimum absolute atomic E-state index is 0.166. The molecule has 5 heteroatoms. The van der Waals surface area contributed by atoms with Crippen molar-refractivity contribution < 1.29 is 24.5 Å². The molecule has 2 aromatic rings. The molecule has 1 fully saturated rings. The Labute approximate surface area is 139 Å². The number of carbonyl (C=O) groups excluding carboxylic acids is 1. The lowest BCUT2D eigenvalue weighted by molar-refractivity contribution is -0.131. The minimum Gasteiger partial charge on any atom is -0.508 e. The summed E-state index contributed by atoms with van der Waals surface area (Å²) >= 11 is 0. The summed E-state index contributed by atoms with van der Waals surface area (Å²) < 4.78 is 5.50. The number of ether oxygens (including phenoxy) is 1. The standard InChI is InChI=1S/C19H18O5/c20-16-7-5-15(6-8-16)19(9-11-24-12-10-19)14-3-1-13(2-4-14)17(21)18(22)23/h1-8,20H,9-12H2,(H,22,23). The second-order valence-electron chi connectivity index (χ2n) is 5.95. The van der Waals surface area contributed by atoms with Gasteiger partial charge in [0, 0.05) is 24.2 Å². The van der Waals surface area contributed by atoms with Crippen LogP contribution in [0.1, 0.15) is 34.3 Å². The van der Waals surface area contributed by atoms with Crippen LogP contribution in [0.15, 0.2) is 48.5 Å². The van der Waals surface area contributed by atoms with Crippen LogP contribution in [0.25, 0.3) is 0 Å². The van der Waals surface area contributed by atoms with Gasteiger partial charge in [0.2, 0.25) is 0 Å². The molecule has 0 spiro atoms. The first-order valence-corrected chi connectivity index (χ1v) is 7.78. The second kappa shape index (κ2) is 6.45. The number of rotatable bonds is 4. The molecular weight excluding hydrogens is 308 g/mol. The number of hydrogen-bond donors (Lipinski definition) is 2. The van der Waals surface area contributed by atoms with E-state index in [0.717, 1.165) is 24.0 Å². The number of phenols is 1. The maximum absolute atomic E-state index is 11.6. The van der Waals surface area contributed by atoms with Crippen molar-refractivity contribution in [1.82, 2.24) is 0 Å². The third-order valence-corrected chi connectivity index (χ3v) is 4.66. The number of ketones is 1. The van der Waals surface area contributed by atoms with Gasteiger partial charge in [-0.05, 0) is 36.1 Å². The molecule has 0 bridgehead atoms. The molecule has 0 unspecified atom stereocenters. The third-order valence-electron chi connectivity index (χ3n) is 4.66. The summed E-state index contributed by atoms with van der Waals surface area (Å²) in [6.07, 6.45) is 1.56. The predicted molar refractivity (Wildman–Crippen MR) is 87.3 cm³/mol. The van der Waals surface area contributed by atoms with Crippen molar-refractivity contribution in [2.24, 2.45) is 0 Å². The van der Waals surface area contributed by atoms with E-state index in [-0.39, 0.29) is 16.7 Å². The van der Waals surface area contributed by atoms with E-state index in [4.69, 9.17) is 9.84 Å². The monoisotopic (exact) mass is 326 g/mol. The van der Waals surface area contributed by atoms with E-state index in [2.05, 4.69) is 0 Å². The summed E-state index contributed by atoms with van der Waals surface area (Å²) in [5, 5.41) is 18.4. The molecule has 0 saturated carbocycles. The smallest absolute Gasteiger partial charge is 0.377 e. The molecular formula is C19H18O5.